The number of hydrogen-bond acceptors (Lipinski definition) is 5. The average Bonchev–Trinajstić information content (AvgIpc) is 2.75. The number of carbonyl (C=O) groups is 2. The number of ether oxygens (including phenoxy) is 3. The summed E-state index contributed by atoms with van der Waals surface area (Å²) in [6, 6.07) is 20.6. The van der Waals surface area contributed by atoms with E-state index in [1.165, 1.54) is 0 Å². The topological polar surface area (TPSA) is 73.9 Å². The van der Waals surface area contributed by atoms with Gasteiger partial charge in [0.05, 0.1) is 25.0 Å². The van der Waals surface area contributed by atoms with Crippen molar-refractivity contribution in [3.8, 4) is 17.2 Å². The molecule has 6 nitrogen and oxygen atoms in total. The highest BCUT2D eigenvalue weighted by Gasteiger charge is 2.15. The van der Waals surface area contributed by atoms with E-state index in [4.69, 9.17) is 14.2 Å². The summed E-state index contributed by atoms with van der Waals surface area (Å²) in [5.41, 5.74) is 1.14. The molecule has 0 aliphatic carbocycles. The van der Waals surface area contributed by atoms with Crippen LogP contribution >= 0.6 is 0 Å². The molecule has 0 radical (unpaired) electrons. The second-order valence-electron chi connectivity index (χ2n) is 6.02. The van der Waals surface area contributed by atoms with E-state index in [2.05, 4.69) is 5.32 Å². The summed E-state index contributed by atoms with van der Waals surface area (Å²) in [6.45, 7) is 1.99. The van der Waals surface area contributed by atoms with E-state index in [-0.39, 0.29) is 12.5 Å². The predicted molar refractivity (Wildman–Crippen MR) is 110 cm³/mol. The van der Waals surface area contributed by atoms with Gasteiger partial charge in [-0.15, -0.1) is 0 Å². The summed E-state index contributed by atoms with van der Waals surface area (Å²) in [5, 5.41) is 2.75. The van der Waals surface area contributed by atoms with Crippen LogP contribution in [0.3, 0.4) is 0 Å². The van der Waals surface area contributed by atoms with Crippen LogP contribution in [-0.2, 0) is 4.74 Å². The number of hydrogen-bond donors (Lipinski definition) is 1. The lowest BCUT2D eigenvalue weighted by Crippen LogP contribution is -2.15. The molecule has 29 heavy (non-hydrogen) atoms. The molecule has 0 aromatic heterocycles. The molecular formula is C23H21NO5. The zero-order valence-corrected chi connectivity index (χ0v) is 16.2. The minimum Gasteiger partial charge on any atom is -0.497 e. The van der Waals surface area contributed by atoms with Crippen molar-refractivity contribution < 1.29 is 23.8 Å². The van der Waals surface area contributed by atoms with E-state index in [1.54, 1.807) is 86.8 Å². The van der Waals surface area contributed by atoms with Gasteiger partial charge < -0.3 is 19.5 Å². The number of anilines is 1. The highest BCUT2D eigenvalue weighted by atomic mass is 16.5. The van der Waals surface area contributed by atoms with E-state index >= 15 is 0 Å². The molecule has 0 aliphatic rings. The van der Waals surface area contributed by atoms with Crippen molar-refractivity contribution in [2.24, 2.45) is 0 Å². The standard InChI is InChI=1S/C23H21NO5/c1-3-28-23(26)20-6-4-5-7-21(20)24-22(25)16-8-10-18(11-9-16)29-19-14-12-17(27-2)13-15-19/h4-15H,3H2,1-2H3,(H,24,25). The van der Waals surface area contributed by atoms with Gasteiger partial charge in [0.1, 0.15) is 17.2 Å². The molecule has 0 spiro atoms. The minimum absolute atomic E-state index is 0.261. The molecule has 3 aromatic carbocycles. The van der Waals surface area contributed by atoms with E-state index in [0.29, 0.717) is 28.3 Å². The van der Waals surface area contributed by atoms with Gasteiger partial charge in [0.25, 0.3) is 5.91 Å². The molecule has 0 unspecified atom stereocenters. The van der Waals surface area contributed by atoms with Crippen LogP contribution in [0.25, 0.3) is 0 Å². The normalized spacial score (nSPS) is 10.1. The van der Waals surface area contributed by atoms with Crippen molar-refractivity contribution >= 4 is 17.6 Å². The SMILES string of the molecule is CCOC(=O)c1ccccc1NC(=O)c1ccc(Oc2ccc(OC)cc2)cc1. The molecule has 0 saturated heterocycles. The fourth-order valence-electron chi connectivity index (χ4n) is 2.63. The number of amides is 1. The number of nitrogens with one attached hydrogen (secondary N) is 1. The van der Waals surface area contributed by atoms with Crippen molar-refractivity contribution in [3.05, 3.63) is 83.9 Å². The van der Waals surface area contributed by atoms with Crippen molar-refractivity contribution in [2.75, 3.05) is 19.0 Å². The molecule has 0 atom stereocenters. The third kappa shape index (κ3) is 5.13. The Bertz CT molecular complexity index is 981. The average molecular weight is 391 g/mol. The minimum atomic E-state index is -0.480. The molecule has 6 heteroatoms. The summed E-state index contributed by atoms with van der Waals surface area (Å²) in [6.07, 6.45) is 0. The van der Waals surface area contributed by atoms with E-state index in [1.807, 2.05) is 0 Å². The Labute approximate surface area is 169 Å². The third-order valence-electron chi connectivity index (χ3n) is 4.08. The Hall–Kier alpha value is -3.80. The lowest BCUT2D eigenvalue weighted by atomic mass is 10.1. The molecule has 1 amide bonds. The number of carbonyl (C=O) groups excluding carboxylic acids is 2. The first-order chi connectivity index (χ1) is 14.1. The van der Waals surface area contributed by atoms with E-state index in [9.17, 15) is 9.59 Å². The van der Waals surface area contributed by atoms with E-state index in [0.717, 1.165) is 5.75 Å². The first kappa shape index (κ1) is 19.9. The molecule has 0 bridgehead atoms. The van der Waals surface area contributed by atoms with Gasteiger partial charge in [-0.2, -0.15) is 0 Å². The Morgan fingerprint density at radius 2 is 1.41 bits per heavy atom. The molecule has 0 aliphatic heterocycles. The predicted octanol–water partition coefficient (Wildman–Crippen LogP) is 4.92. The van der Waals surface area contributed by atoms with Gasteiger partial charge in [0.15, 0.2) is 0 Å². The van der Waals surface area contributed by atoms with Gasteiger partial charge in [-0.1, -0.05) is 12.1 Å². The lowest BCUT2D eigenvalue weighted by molar-refractivity contribution is 0.0527. The molecule has 0 saturated carbocycles. The fourth-order valence-corrected chi connectivity index (χ4v) is 2.63. The van der Waals surface area contributed by atoms with Crippen LogP contribution in [0.2, 0.25) is 0 Å². The number of para-hydroxylation sites is 1. The van der Waals surface area contributed by atoms with Crippen molar-refractivity contribution in [3.63, 3.8) is 0 Å². The molecule has 3 rings (SSSR count). The zero-order valence-electron chi connectivity index (χ0n) is 16.2. The van der Waals surface area contributed by atoms with Gasteiger partial charge in [-0.3, -0.25) is 4.79 Å². The van der Waals surface area contributed by atoms with Gasteiger partial charge in [-0.25, -0.2) is 4.79 Å². The van der Waals surface area contributed by atoms with Crippen LogP contribution in [-0.4, -0.2) is 25.6 Å². The first-order valence-corrected chi connectivity index (χ1v) is 9.10. The van der Waals surface area contributed by atoms with Gasteiger partial charge in [0.2, 0.25) is 0 Å². The van der Waals surface area contributed by atoms with Crippen LogP contribution in [0.1, 0.15) is 27.6 Å². The van der Waals surface area contributed by atoms with Crippen molar-refractivity contribution in [2.45, 2.75) is 6.92 Å². The Kier molecular flexibility index (Phi) is 6.47. The number of rotatable bonds is 7. The van der Waals surface area contributed by atoms with Gasteiger partial charge in [-0.05, 0) is 67.6 Å². The smallest absolute Gasteiger partial charge is 0.340 e. The maximum absolute atomic E-state index is 12.6. The first-order valence-electron chi connectivity index (χ1n) is 9.10. The maximum atomic E-state index is 12.6. The van der Waals surface area contributed by atoms with Crippen LogP contribution in [0.15, 0.2) is 72.8 Å². The molecule has 3 aromatic rings. The summed E-state index contributed by atoms with van der Waals surface area (Å²) in [7, 11) is 1.60. The summed E-state index contributed by atoms with van der Waals surface area (Å²) < 4.78 is 15.9. The maximum Gasteiger partial charge on any atom is 0.340 e. The monoisotopic (exact) mass is 391 g/mol. The summed E-state index contributed by atoms with van der Waals surface area (Å²) in [5.74, 6) is 1.18. The largest absolute Gasteiger partial charge is 0.497 e. The van der Waals surface area contributed by atoms with Crippen LogP contribution in [0.5, 0.6) is 17.2 Å². The summed E-state index contributed by atoms with van der Waals surface area (Å²) in [4.78, 5) is 24.6. The Morgan fingerprint density at radius 1 is 0.828 bits per heavy atom. The van der Waals surface area contributed by atoms with Crippen LogP contribution < -0.4 is 14.8 Å². The van der Waals surface area contributed by atoms with Crippen LogP contribution in [0, 0.1) is 0 Å². The van der Waals surface area contributed by atoms with Gasteiger partial charge in [0, 0.05) is 5.56 Å². The van der Waals surface area contributed by atoms with Crippen molar-refractivity contribution in [1.29, 1.82) is 0 Å². The van der Waals surface area contributed by atoms with Crippen molar-refractivity contribution in [1.82, 2.24) is 0 Å². The molecular weight excluding hydrogens is 370 g/mol. The lowest BCUT2D eigenvalue weighted by Gasteiger charge is -2.11. The third-order valence-corrected chi connectivity index (χ3v) is 4.08. The van der Waals surface area contributed by atoms with Gasteiger partial charge >= 0.3 is 5.97 Å². The Balaban J connectivity index is 1.68. The molecule has 1 N–H and O–H groups in total. The quantitative estimate of drug-likeness (QED) is 0.579. The highest BCUT2D eigenvalue weighted by molar-refractivity contribution is 6.08. The Morgan fingerprint density at radius 3 is 2.03 bits per heavy atom. The number of benzene rings is 3. The number of esters is 1. The second-order valence-corrected chi connectivity index (χ2v) is 6.02. The fraction of sp³-hybridized carbons (Fsp3) is 0.130. The molecule has 148 valence electrons. The molecule has 0 heterocycles. The second kappa shape index (κ2) is 9.41. The highest BCUT2D eigenvalue weighted by Crippen LogP contribution is 2.24. The molecule has 0 fully saturated rings. The number of methoxy groups -OCH3 is 1. The van der Waals surface area contributed by atoms with Crippen LogP contribution in [0.4, 0.5) is 5.69 Å². The zero-order chi connectivity index (χ0) is 20.6. The van der Waals surface area contributed by atoms with E-state index < -0.39 is 5.97 Å². The summed E-state index contributed by atoms with van der Waals surface area (Å²) >= 11 is 0.